The molecule has 1 aromatic carbocycles. The van der Waals surface area contributed by atoms with Crippen LogP contribution in [-0.4, -0.2) is 35.4 Å². The van der Waals surface area contributed by atoms with Crippen molar-refractivity contribution in [1.82, 2.24) is 10.2 Å². The van der Waals surface area contributed by atoms with E-state index in [4.69, 9.17) is 0 Å². The molecule has 0 amide bonds. The van der Waals surface area contributed by atoms with Gasteiger partial charge in [0.2, 0.25) is 0 Å². The SMILES string of the molecule is O=[N+]([O-])c1ccc2c(c1)CN(C1=NCCN1)CC2. The van der Waals surface area contributed by atoms with Gasteiger partial charge in [0.1, 0.15) is 0 Å². The molecule has 6 nitrogen and oxygen atoms in total. The van der Waals surface area contributed by atoms with Gasteiger partial charge in [-0.15, -0.1) is 0 Å². The number of rotatable bonds is 1. The third-order valence-electron chi connectivity index (χ3n) is 3.37. The van der Waals surface area contributed by atoms with Crippen molar-refractivity contribution in [3.8, 4) is 0 Å². The van der Waals surface area contributed by atoms with Crippen molar-refractivity contribution >= 4 is 11.6 Å². The second-order valence-electron chi connectivity index (χ2n) is 4.51. The molecule has 0 spiro atoms. The van der Waals surface area contributed by atoms with Crippen LogP contribution in [0.5, 0.6) is 0 Å². The highest BCUT2D eigenvalue weighted by Gasteiger charge is 2.22. The first-order chi connectivity index (χ1) is 8.74. The predicted molar refractivity (Wildman–Crippen MR) is 67.5 cm³/mol. The zero-order valence-corrected chi connectivity index (χ0v) is 9.93. The number of guanidine groups is 1. The standard InChI is InChI=1S/C12H14N4O2/c17-16(18)11-2-1-9-3-6-15(8-10(9)7-11)12-13-4-5-14-12/h1-2,7H,3-6,8H2,(H,13,14). The van der Waals surface area contributed by atoms with Gasteiger partial charge in [0.25, 0.3) is 5.69 Å². The van der Waals surface area contributed by atoms with E-state index in [1.807, 2.05) is 6.07 Å². The minimum Gasteiger partial charge on any atom is -0.354 e. The van der Waals surface area contributed by atoms with Gasteiger partial charge in [0.15, 0.2) is 5.96 Å². The van der Waals surface area contributed by atoms with E-state index in [1.54, 1.807) is 12.1 Å². The van der Waals surface area contributed by atoms with Gasteiger partial charge in [-0.1, -0.05) is 6.07 Å². The number of nitrogens with zero attached hydrogens (tertiary/aromatic N) is 3. The van der Waals surface area contributed by atoms with E-state index in [0.29, 0.717) is 6.54 Å². The van der Waals surface area contributed by atoms with Gasteiger partial charge in [-0.2, -0.15) is 0 Å². The zero-order chi connectivity index (χ0) is 12.5. The second-order valence-corrected chi connectivity index (χ2v) is 4.51. The quantitative estimate of drug-likeness (QED) is 0.590. The first kappa shape index (κ1) is 11.0. The second kappa shape index (κ2) is 4.29. The molecule has 6 heteroatoms. The number of benzene rings is 1. The summed E-state index contributed by atoms with van der Waals surface area (Å²) < 4.78 is 0. The maximum absolute atomic E-state index is 10.8. The highest BCUT2D eigenvalue weighted by atomic mass is 16.6. The van der Waals surface area contributed by atoms with Crippen LogP contribution in [0, 0.1) is 10.1 Å². The van der Waals surface area contributed by atoms with E-state index in [2.05, 4.69) is 15.2 Å². The monoisotopic (exact) mass is 246 g/mol. The molecule has 2 aliphatic heterocycles. The maximum atomic E-state index is 10.8. The van der Waals surface area contributed by atoms with Crippen molar-refractivity contribution in [2.45, 2.75) is 13.0 Å². The van der Waals surface area contributed by atoms with Crippen molar-refractivity contribution in [2.24, 2.45) is 4.99 Å². The van der Waals surface area contributed by atoms with Crippen LogP contribution in [0.3, 0.4) is 0 Å². The third kappa shape index (κ3) is 1.90. The lowest BCUT2D eigenvalue weighted by Crippen LogP contribution is -2.41. The smallest absolute Gasteiger partial charge is 0.269 e. The summed E-state index contributed by atoms with van der Waals surface area (Å²) in [5.41, 5.74) is 2.40. The summed E-state index contributed by atoms with van der Waals surface area (Å²) in [7, 11) is 0. The summed E-state index contributed by atoms with van der Waals surface area (Å²) in [5, 5.41) is 14.0. The van der Waals surface area contributed by atoms with Crippen LogP contribution in [0.25, 0.3) is 0 Å². The molecule has 0 bridgehead atoms. The van der Waals surface area contributed by atoms with Gasteiger partial charge in [-0.05, 0) is 17.5 Å². The zero-order valence-electron chi connectivity index (χ0n) is 9.93. The molecule has 1 N–H and O–H groups in total. The lowest BCUT2D eigenvalue weighted by atomic mass is 9.99. The number of nitro benzene ring substituents is 1. The van der Waals surface area contributed by atoms with Crippen molar-refractivity contribution in [3.63, 3.8) is 0 Å². The summed E-state index contributed by atoms with van der Waals surface area (Å²) in [4.78, 5) is 17.0. The first-order valence-corrected chi connectivity index (χ1v) is 6.03. The molecule has 0 radical (unpaired) electrons. The number of hydrogen-bond donors (Lipinski definition) is 1. The molecule has 18 heavy (non-hydrogen) atoms. The number of fused-ring (bicyclic) bond motifs is 1. The number of hydrogen-bond acceptors (Lipinski definition) is 5. The maximum Gasteiger partial charge on any atom is 0.269 e. The van der Waals surface area contributed by atoms with Gasteiger partial charge < -0.3 is 10.2 Å². The summed E-state index contributed by atoms with van der Waals surface area (Å²) >= 11 is 0. The van der Waals surface area contributed by atoms with Gasteiger partial charge in [0.05, 0.1) is 11.5 Å². The molecule has 1 aromatic rings. The molecule has 0 saturated carbocycles. The lowest BCUT2D eigenvalue weighted by molar-refractivity contribution is -0.385. The minimum absolute atomic E-state index is 0.164. The van der Waals surface area contributed by atoms with Crippen LogP contribution < -0.4 is 5.32 Å². The fourth-order valence-corrected chi connectivity index (χ4v) is 2.44. The topological polar surface area (TPSA) is 70.8 Å². The Morgan fingerprint density at radius 2 is 2.28 bits per heavy atom. The molecular formula is C12H14N4O2. The Bertz CT molecular complexity index is 527. The molecule has 2 heterocycles. The molecule has 0 fully saturated rings. The van der Waals surface area contributed by atoms with Gasteiger partial charge in [-0.25, -0.2) is 0 Å². The molecule has 0 aromatic heterocycles. The number of non-ortho nitro benzene ring substituents is 1. The Kier molecular flexibility index (Phi) is 2.62. The van der Waals surface area contributed by atoms with Crippen molar-refractivity contribution in [2.75, 3.05) is 19.6 Å². The van der Waals surface area contributed by atoms with E-state index < -0.39 is 0 Å². The van der Waals surface area contributed by atoms with Gasteiger partial charge in [-0.3, -0.25) is 15.1 Å². The van der Waals surface area contributed by atoms with Crippen LogP contribution in [0.4, 0.5) is 5.69 Å². The van der Waals surface area contributed by atoms with E-state index >= 15 is 0 Å². The van der Waals surface area contributed by atoms with Crippen molar-refractivity contribution < 1.29 is 4.92 Å². The summed E-state index contributed by atoms with van der Waals surface area (Å²) in [6, 6.07) is 5.13. The molecule has 0 atom stereocenters. The van der Waals surface area contributed by atoms with Crippen LogP contribution in [0.1, 0.15) is 11.1 Å². The molecule has 0 unspecified atom stereocenters. The molecule has 2 aliphatic rings. The van der Waals surface area contributed by atoms with Crippen LogP contribution in [-0.2, 0) is 13.0 Å². The fourth-order valence-electron chi connectivity index (χ4n) is 2.44. The molecular weight excluding hydrogens is 232 g/mol. The summed E-state index contributed by atoms with van der Waals surface area (Å²) in [5.74, 6) is 0.923. The Balaban J connectivity index is 1.86. The minimum atomic E-state index is -0.343. The normalized spacial score (nSPS) is 18.0. The van der Waals surface area contributed by atoms with Gasteiger partial charge >= 0.3 is 0 Å². The number of nitro groups is 1. The fraction of sp³-hybridized carbons (Fsp3) is 0.417. The predicted octanol–water partition coefficient (Wildman–Crippen LogP) is 0.912. The largest absolute Gasteiger partial charge is 0.354 e. The Hall–Kier alpha value is -2.11. The average Bonchev–Trinajstić information content (AvgIpc) is 2.91. The summed E-state index contributed by atoms with van der Waals surface area (Å²) in [6.07, 6.45) is 0.911. The highest BCUT2D eigenvalue weighted by Crippen LogP contribution is 2.24. The Morgan fingerprint density at radius 1 is 1.39 bits per heavy atom. The molecule has 0 aliphatic carbocycles. The van der Waals surface area contributed by atoms with Crippen molar-refractivity contribution in [3.05, 3.63) is 39.4 Å². The van der Waals surface area contributed by atoms with Crippen LogP contribution in [0.15, 0.2) is 23.2 Å². The van der Waals surface area contributed by atoms with Crippen LogP contribution >= 0.6 is 0 Å². The number of aliphatic imine (C=N–C) groups is 1. The third-order valence-corrected chi connectivity index (χ3v) is 3.37. The molecule has 94 valence electrons. The van der Waals surface area contributed by atoms with E-state index in [-0.39, 0.29) is 10.6 Å². The van der Waals surface area contributed by atoms with E-state index in [0.717, 1.165) is 37.6 Å². The Morgan fingerprint density at radius 3 is 3.00 bits per heavy atom. The first-order valence-electron chi connectivity index (χ1n) is 6.03. The Labute approximate surface area is 104 Å². The van der Waals surface area contributed by atoms with E-state index in [1.165, 1.54) is 5.56 Å². The number of nitrogens with one attached hydrogen (secondary N) is 1. The van der Waals surface area contributed by atoms with E-state index in [9.17, 15) is 10.1 Å². The summed E-state index contributed by atoms with van der Waals surface area (Å²) in [6.45, 7) is 3.31. The highest BCUT2D eigenvalue weighted by molar-refractivity contribution is 5.81. The lowest BCUT2D eigenvalue weighted by Gasteiger charge is -2.30. The average molecular weight is 246 g/mol. The molecule has 0 saturated heterocycles. The van der Waals surface area contributed by atoms with Crippen LogP contribution in [0.2, 0.25) is 0 Å². The van der Waals surface area contributed by atoms with Crippen molar-refractivity contribution in [1.29, 1.82) is 0 Å². The van der Waals surface area contributed by atoms with Gasteiger partial charge in [0, 0.05) is 31.8 Å². The molecule has 3 rings (SSSR count).